The highest BCUT2D eigenvalue weighted by Crippen LogP contribution is 2.31. The van der Waals surface area contributed by atoms with Crippen LogP contribution < -0.4 is 0 Å². The van der Waals surface area contributed by atoms with E-state index in [1.54, 1.807) is 11.6 Å². The molecule has 0 bridgehead atoms. The molecular formula is C37H60N4O12. The molecule has 2 heterocycles. The Labute approximate surface area is 313 Å². The molecule has 0 unspecified atom stereocenters. The Morgan fingerprint density at radius 3 is 1.57 bits per heavy atom. The predicted molar refractivity (Wildman–Crippen MR) is 191 cm³/mol. The second kappa shape index (κ2) is 28.5. The number of ether oxygens (including phenoxy) is 8. The molecule has 1 aromatic rings. The summed E-state index contributed by atoms with van der Waals surface area (Å²) in [5.74, 6) is 0.227. The van der Waals surface area contributed by atoms with Crippen LogP contribution in [-0.2, 0) is 70.0 Å². The van der Waals surface area contributed by atoms with E-state index in [2.05, 4.69) is 10.3 Å². The van der Waals surface area contributed by atoms with E-state index in [1.807, 2.05) is 6.20 Å². The first kappa shape index (κ1) is 44.4. The van der Waals surface area contributed by atoms with E-state index in [9.17, 15) is 19.2 Å². The van der Waals surface area contributed by atoms with Gasteiger partial charge in [-0.3, -0.25) is 19.3 Å². The first-order valence-corrected chi connectivity index (χ1v) is 19.0. The quantitative estimate of drug-likeness (QED) is 0.0738. The average Bonchev–Trinajstić information content (AvgIpc) is 3.75. The van der Waals surface area contributed by atoms with Crippen LogP contribution in [0.3, 0.4) is 0 Å². The molecule has 0 N–H and O–H groups in total. The number of amides is 2. The molecule has 53 heavy (non-hydrogen) atoms. The van der Waals surface area contributed by atoms with Gasteiger partial charge < -0.3 is 42.7 Å². The molecule has 2 amide bonds. The maximum absolute atomic E-state index is 12.8. The van der Waals surface area contributed by atoms with Gasteiger partial charge in [-0.2, -0.15) is 0 Å². The van der Waals surface area contributed by atoms with Gasteiger partial charge in [0.15, 0.2) is 0 Å². The fourth-order valence-electron chi connectivity index (χ4n) is 5.78. The number of rotatable bonds is 34. The summed E-state index contributed by atoms with van der Waals surface area (Å²) in [4.78, 5) is 48.5. The summed E-state index contributed by atoms with van der Waals surface area (Å²) in [6, 6.07) is 0. The fourth-order valence-corrected chi connectivity index (χ4v) is 5.78. The van der Waals surface area contributed by atoms with Gasteiger partial charge in [0.1, 0.15) is 11.6 Å². The van der Waals surface area contributed by atoms with Gasteiger partial charge in [-0.05, 0) is 44.9 Å². The summed E-state index contributed by atoms with van der Waals surface area (Å²) in [5.41, 5.74) is 0.783. The molecule has 0 saturated heterocycles. The molecule has 16 heteroatoms. The van der Waals surface area contributed by atoms with Crippen molar-refractivity contribution >= 4 is 23.4 Å². The minimum atomic E-state index is -0.242. The number of carbonyl (C=O) groups is 4. The van der Waals surface area contributed by atoms with Gasteiger partial charge in [0, 0.05) is 56.7 Å². The van der Waals surface area contributed by atoms with Gasteiger partial charge in [0.05, 0.1) is 111 Å². The van der Waals surface area contributed by atoms with Crippen molar-refractivity contribution in [1.29, 1.82) is 0 Å². The largest absolute Gasteiger partial charge is 0.379 e. The lowest BCUT2D eigenvalue weighted by atomic mass is 9.79. The van der Waals surface area contributed by atoms with Crippen LogP contribution in [0.2, 0.25) is 0 Å². The second-order valence-electron chi connectivity index (χ2n) is 13.0. The van der Waals surface area contributed by atoms with Crippen LogP contribution in [0.4, 0.5) is 0 Å². The lowest BCUT2D eigenvalue weighted by molar-refractivity contribution is -0.138. The molecule has 1 aliphatic heterocycles. The molecular weight excluding hydrogens is 692 g/mol. The minimum absolute atomic E-state index is 0.0289. The van der Waals surface area contributed by atoms with Gasteiger partial charge in [0.25, 0.3) is 11.8 Å². The number of carbonyl (C=O) groups excluding carboxylic acids is 4. The lowest BCUT2D eigenvalue weighted by Gasteiger charge is -2.29. The molecule has 1 saturated carbocycles. The van der Waals surface area contributed by atoms with Gasteiger partial charge >= 0.3 is 0 Å². The molecule has 300 valence electrons. The summed E-state index contributed by atoms with van der Waals surface area (Å²) in [5, 5.41) is 8.34. The Kier molecular flexibility index (Phi) is 23.9. The third-order valence-corrected chi connectivity index (χ3v) is 8.74. The Hall–Kier alpha value is -2.96. The molecule has 1 aromatic heterocycles. The minimum Gasteiger partial charge on any atom is -0.379 e. The first-order chi connectivity index (χ1) is 25.9. The van der Waals surface area contributed by atoms with E-state index in [0.29, 0.717) is 138 Å². The summed E-state index contributed by atoms with van der Waals surface area (Å²) >= 11 is 0. The predicted octanol–water partition coefficient (Wildman–Crippen LogP) is 2.01. The number of imide groups is 1. The topological polar surface area (TPSA) is 176 Å². The van der Waals surface area contributed by atoms with Crippen molar-refractivity contribution in [3.8, 4) is 0 Å². The zero-order chi connectivity index (χ0) is 37.8. The van der Waals surface area contributed by atoms with E-state index in [-0.39, 0.29) is 35.2 Å². The highest BCUT2D eigenvalue weighted by molar-refractivity contribution is 6.12. The van der Waals surface area contributed by atoms with Crippen LogP contribution in [0.1, 0.15) is 57.6 Å². The molecule has 0 aromatic carbocycles. The first-order valence-electron chi connectivity index (χ1n) is 19.0. The smallest absolute Gasteiger partial charge is 0.253 e. The van der Waals surface area contributed by atoms with Crippen LogP contribution in [-0.4, -0.2) is 156 Å². The number of aromatic nitrogens is 3. The number of hydrogen-bond acceptors (Lipinski definition) is 14. The highest BCUT2D eigenvalue weighted by atomic mass is 16.6. The maximum atomic E-state index is 12.8. The number of ketones is 2. The van der Waals surface area contributed by atoms with Crippen molar-refractivity contribution in [2.75, 3.05) is 112 Å². The summed E-state index contributed by atoms with van der Waals surface area (Å²) < 4.78 is 45.6. The monoisotopic (exact) mass is 752 g/mol. The van der Waals surface area contributed by atoms with Gasteiger partial charge in [-0.15, -0.1) is 5.10 Å². The normalized spacial score (nSPS) is 17.3. The van der Waals surface area contributed by atoms with Gasteiger partial charge in [-0.25, -0.2) is 4.68 Å². The summed E-state index contributed by atoms with van der Waals surface area (Å²) in [6.07, 6.45) is 10.1. The standard InChI is InChI=1S/C37H60N4O12/c1-31(42)3-2-13-46-15-17-48-19-21-50-23-25-52-27-28-53-26-24-51-22-20-49-18-16-47-14-12-40-30-34(38-39-40)8-9-35(43)33-6-4-32(5-7-33)29-41-36(44)10-11-37(41)45/h10-11,30,32-33H,2-9,12-29H2,1H3. The van der Waals surface area contributed by atoms with Crippen LogP contribution in [0.25, 0.3) is 0 Å². The lowest BCUT2D eigenvalue weighted by Crippen LogP contribution is -2.36. The Morgan fingerprint density at radius 2 is 1.09 bits per heavy atom. The van der Waals surface area contributed by atoms with Crippen LogP contribution in [0.15, 0.2) is 18.3 Å². The van der Waals surface area contributed by atoms with Crippen LogP contribution in [0.5, 0.6) is 0 Å². The number of nitrogens with zero attached hydrogens (tertiary/aromatic N) is 4. The Morgan fingerprint density at radius 1 is 0.642 bits per heavy atom. The molecule has 1 aliphatic carbocycles. The Balaban J connectivity index is 1.01. The molecule has 0 spiro atoms. The molecule has 0 atom stereocenters. The SMILES string of the molecule is CC(=O)CCCOCCOCCOCCOCCOCCOCCOCCOCCn1cc(CCC(=O)C2CCC(CN3C(=O)C=CC3=O)CC2)nn1. The van der Waals surface area contributed by atoms with Gasteiger partial charge in [-0.1, -0.05) is 5.21 Å². The molecule has 2 aliphatic rings. The van der Waals surface area contributed by atoms with Crippen LogP contribution >= 0.6 is 0 Å². The van der Waals surface area contributed by atoms with Crippen molar-refractivity contribution in [2.24, 2.45) is 11.8 Å². The van der Waals surface area contributed by atoms with Crippen molar-refractivity contribution < 1.29 is 57.1 Å². The van der Waals surface area contributed by atoms with E-state index in [4.69, 9.17) is 37.9 Å². The van der Waals surface area contributed by atoms with Crippen molar-refractivity contribution in [2.45, 2.75) is 64.8 Å². The second-order valence-corrected chi connectivity index (χ2v) is 13.0. The summed E-state index contributed by atoms with van der Waals surface area (Å²) in [7, 11) is 0. The Bertz CT molecular complexity index is 1190. The van der Waals surface area contributed by atoms with Crippen molar-refractivity contribution in [3.63, 3.8) is 0 Å². The molecule has 0 radical (unpaired) electrons. The van der Waals surface area contributed by atoms with Crippen molar-refractivity contribution in [1.82, 2.24) is 19.9 Å². The zero-order valence-corrected chi connectivity index (χ0v) is 31.5. The summed E-state index contributed by atoms with van der Waals surface area (Å²) in [6.45, 7) is 10.4. The number of Topliss-reactive ketones (excluding diaryl/α,β-unsaturated/α-hetero) is 2. The number of aryl methyl sites for hydroxylation is 1. The van der Waals surface area contributed by atoms with Crippen LogP contribution in [0, 0.1) is 11.8 Å². The van der Waals surface area contributed by atoms with Crippen molar-refractivity contribution in [3.05, 3.63) is 24.0 Å². The highest BCUT2D eigenvalue weighted by Gasteiger charge is 2.31. The third kappa shape index (κ3) is 20.9. The zero-order valence-electron chi connectivity index (χ0n) is 31.5. The molecule has 16 nitrogen and oxygen atoms in total. The molecule has 1 fully saturated rings. The van der Waals surface area contributed by atoms with E-state index in [1.165, 1.54) is 17.1 Å². The van der Waals surface area contributed by atoms with E-state index < -0.39 is 0 Å². The fraction of sp³-hybridized carbons (Fsp3) is 0.784. The average molecular weight is 753 g/mol. The third-order valence-electron chi connectivity index (χ3n) is 8.74. The van der Waals surface area contributed by atoms with E-state index >= 15 is 0 Å². The van der Waals surface area contributed by atoms with Gasteiger partial charge in [0.2, 0.25) is 0 Å². The maximum Gasteiger partial charge on any atom is 0.253 e. The number of hydrogen-bond donors (Lipinski definition) is 0. The van der Waals surface area contributed by atoms with E-state index in [0.717, 1.165) is 37.8 Å². The molecule has 3 rings (SSSR count).